The van der Waals surface area contributed by atoms with Gasteiger partial charge in [0, 0.05) is 41.7 Å². The minimum atomic E-state index is -0.404. The smallest absolute Gasteiger partial charge is 0.233 e. The van der Waals surface area contributed by atoms with Gasteiger partial charge >= 0.3 is 0 Å². The zero-order valence-corrected chi connectivity index (χ0v) is 16.5. The maximum atomic E-state index is 14.3. The van der Waals surface area contributed by atoms with Crippen LogP contribution in [0.1, 0.15) is 17.3 Å². The second-order valence-corrected chi connectivity index (χ2v) is 7.82. The van der Waals surface area contributed by atoms with Crippen LogP contribution in [0.5, 0.6) is 0 Å². The van der Waals surface area contributed by atoms with Crippen molar-refractivity contribution >= 4 is 40.7 Å². The third-order valence-corrected chi connectivity index (χ3v) is 5.70. The molecule has 0 spiro atoms. The number of Topliss-reactive ketones (excluding diaryl/α,β-unsaturated/α-hetero) is 1. The molecule has 0 radical (unpaired) electrons. The molecule has 0 aromatic heterocycles. The number of carbonyl (C=O) groups excluding carboxylic acids is 2. The first-order valence-electron chi connectivity index (χ1n) is 8.65. The summed E-state index contributed by atoms with van der Waals surface area (Å²) in [7, 11) is 0. The average Bonchev–Trinajstić information content (AvgIpc) is 2.66. The number of rotatable bonds is 5. The maximum Gasteiger partial charge on any atom is 0.233 e. The van der Waals surface area contributed by atoms with Crippen molar-refractivity contribution in [3.05, 3.63) is 58.9 Å². The number of piperazine rings is 1. The molecule has 1 amide bonds. The van der Waals surface area contributed by atoms with Gasteiger partial charge in [0.25, 0.3) is 0 Å². The summed E-state index contributed by atoms with van der Waals surface area (Å²) in [5.41, 5.74) is 0.837. The lowest BCUT2D eigenvalue weighted by molar-refractivity contribution is -0.128. The largest absolute Gasteiger partial charge is 0.366 e. The summed E-state index contributed by atoms with van der Waals surface area (Å²) in [4.78, 5) is 28.5. The highest BCUT2D eigenvalue weighted by molar-refractivity contribution is 8.00. The quantitative estimate of drug-likeness (QED) is 0.553. The fourth-order valence-corrected chi connectivity index (χ4v) is 4.09. The molecule has 4 nitrogen and oxygen atoms in total. The van der Waals surface area contributed by atoms with Crippen LogP contribution in [0.15, 0.2) is 47.4 Å². The Labute approximate surface area is 167 Å². The van der Waals surface area contributed by atoms with Gasteiger partial charge in [-0.15, -0.1) is 11.8 Å². The van der Waals surface area contributed by atoms with Crippen LogP contribution in [0.25, 0.3) is 0 Å². The van der Waals surface area contributed by atoms with E-state index in [2.05, 4.69) is 0 Å². The predicted octanol–water partition coefficient (Wildman–Crippen LogP) is 4.12. The van der Waals surface area contributed by atoms with Gasteiger partial charge in [-0.05, 0) is 43.3 Å². The molecule has 0 N–H and O–H groups in total. The first-order valence-corrected chi connectivity index (χ1v) is 10.0. The molecule has 7 heteroatoms. The van der Waals surface area contributed by atoms with E-state index >= 15 is 0 Å². The van der Waals surface area contributed by atoms with Crippen molar-refractivity contribution in [1.82, 2.24) is 4.90 Å². The van der Waals surface area contributed by atoms with Crippen LogP contribution < -0.4 is 4.90 Å². The third kappa shape index (κ3) is 5.02. The first-order chi connectivity index (χ1) is 12.9. The van der Waals surface area contributed by atoms with E-state index in [-0.39, 0.29) is 11.7 Å². The van der Waals surface area contributed by atoms with Gasteiger partial charge in [0.2, 0.25) is 5.91 Å². The summed E-state index contributed by atoms with van der Waals surface area (Å²) in [5, 5.41) is 0.652. The Balaban J connectivity index is 1.54. The van der Waals surface area contributed by atoms with Crippen molar-refractivity contribution in [1.29, 1.82) is 0 Å². The third-order valence-electron chi connectivity index (χ3n) is 4.49. The van der Waals surface area contributed by atoms with Crippen LogP contribution >= 0.6 is 23.4 Å². The van der Waals surface area contributed by atoms with E-state index in [1.807, 2.05) is 23.1 Å². The van der Waals surface area contributed by atoms with Crippen molar-refractivity contribution in [2.45, 2.75) is 11.8 Å². The lowest BCUT2D eigenvalue weighted by Gasteiger charge is -2.36. The van der Waals surface area contributed by atoms with Gasteiger partial charge < -0.3 is 9.80 Å². The SMILES string of the molecule is CC(=O)c1ccc(N2CCN(C(=O)CSc3cccc(Cl)c3)CC2)c(F)c1. The summed E-state index contributed by atoms with van der Waals surface area (Å²) in [6.45, 7) is 3.62. The summed E-state index contributed by atoms with van der Waals surface area (Å²) >= 11 is 7.42. The Morgan fingerprint density at radius 2 is 1.85 bits per heavy atom. The maximum absolute atomic E-state index is 14.3. The highest BCUT2D eigenvalue weighted by Gasteiger charge is 2.23. The molecular weight excluding hydrogens is 387 g/mol. The minimum absolute atomic E-state index is 0.0621. The molecule has 27 heavy (non-hydrogen) atoms. The highest BCUT2D eigenvalue weighted by Crippen LogP contribution is 2.24. The molecular formula is C20H20ClFN2O2S. The number of anilines is 1. The Kier molecular flexibility index (Phi) is 6.39. The molecule has 142 valence electrons. The van der Waals surface area contributed by atoms with Crippen LogP contribution in [0.3, 0.4) is 0 Å². The molecule has 1 saturated heterocycles. The molecule has 0 unspecified atom stereocenters. The molecule has 0 aliphatic carbocycles. The van der Waals surface area contributed by atoms with Gasteiger partial charge in [0.15, 0.2) is 5.78 Å². The summed E-state index contributed by atoms with van der Waals surface area (Å²) in [6.07, 6.45) is 0. The molecule has 1 aliphatic rings. The zero-order chi connectivity index (χ0) is 19.4. The van der Waals surface area contributed by atoms with Crippen molar-refractivity contribution in [3.8, 4) is 0 Å². The van der Waals surface area contributed by atoms with Gasteiger partial charge in [-0.2, -0.15) is 0 Å². The monoisotopic (exact) mass is 406 g/mol. The number of thioether (sulfide) groups is 1. The number of carbonyl (C=O) groups is 2. The van der Waals surface area contributed by atoms with E-state index in [0.717, 1.165) is 4.90 Å². The fourth-order valence-electron chi connectivity index (χ4n) is 2.97. The number of hydrogen-bond acceptors (Lipinski definition) is 4. The number of benzene rings is 2. The standard InChI is InChI=1S/C20H20ClFN2O2S/c1-14(25)15-5-6-19(18(22)11-15)23-7-9-24(10-8-23)20(26)13-27-17-4-2-3-16(21)12-17/h2-6,11-12H,7-10,13H2,1H3. The van der Waals surface area contributed by atoms with Crippen molar-refractivity contribution in [2.75, 3.05) is 36.8 Å². The molecule has 0 bridgehead atoms. The molecule has 0 atom stereocenters. The van der Waals surface area contributed by atoms with Gasteiger partial charge in [0.1, 0.15) is 5.82 Å². The summed E-state index contributed by atoms with van der Waals surface area (Å²) in [5.74, 6) is -0.152. The number of hydrogen-bond donors (Lipinski definition) is 0. The van der Waals surface area contributed by atoms with Crippen molar-refractivity contribution in [3.63, 3.8) is 0 Å². The van der Waals surface area contributed by atoms with E-state index in [4.69, 9.17) is 11.6 Å². The number of ketones is 1. The normalized spacial score (nSPS) is 14.3. The second kappa shape index (κ2) is 8.76. The topological polar surface area (TPSA) is 40.6 Å². The van der Waals surface area contributed by atoms with E-state index in [0.29, 0.717) is 48.2 Å². The molecule has 0 saturated carbocycles. The lowest BCUT2D eigenvalue weighted by Crippen LogP contribution is -2.49. The number of halogens is 2. The van der Waals surface area contributed by atoms with Gasteiger partial charge in [-0.25, -0.2) is 4.39 Å². The summed E-state index contributed by atoms with van der Waals surface area (Å²) < 4.78 is 14.3. The molecule has 2 aromatic rings. The van der Waals surface area contributed by atoms with E-state index in [1.165, 1.54) is 24.8 Å². The van der Waals surface area contributed by atoms with Gasteiger partial charge in [0.05, 0.1) is 11.4 Å². The van der Waals surface area contributed by atoms with E-state index in [9.17, 15) is 14.0 Å². The van der Waals surface area contributed by atoms with Crippen LogP contribution in [0, 0.1) is 5.82 Å². The first kappa shape index (κ1) is 19.7. The minimum Gasteiger partial charge on any atom is -0.366 e. The van der Waals surface area contributed by atoms with E-state index < -0.39 is 5.82 Å². The molecule has 3 rings (SSSR count). The van der Waals surface area contributed by atoms with Crippen LogP contribution in [-0.2, 0) is 4.79 Å². The molecule has 1 aliphatic heterocycles. The fraction of sp³-hybridized carbons (Fsp3) is 0.300. The lowest BCUT2D eigenvalue weighted by atomic mass is 10.1. The predicted molar refractivity (Wildman–Crippen MR) is 107 cm³/mol. The zero-order valence-electron chi connectivity index (χ0n) is 15.0. The number of nitrogens with zero attached hydrogens (tertiary/aromatic N) is 2. The average molecular weight is 407 g/mol. The molecule has 2 aromatic carbocycles. The second-order valence-electron chi connectivity index (χ2n) is 6.34. The van der Waals surface area contributed by atoms with Crippen molar-refractivity contribution < 1.29 is 14.0 Å². The van der Waals surface area contributed by atoms with Gasteiger partial charge in [-0.1, -0.05) is 17.7 Å². The Morgan fingerprint density at radius 1 is 1.11 bits per heavy atom. The highest BCUT2D eigenvalue weighted by atomic mass is 35.5. The van der Waals surface area contributed by atoms with E-state index in [1.54, 1.807) is 23.1 Å². The van der Waals surface area contributed by atoms with Crippen molar-refractivity contribution in [2.24, 2.45) is 0 Å². The Morgan fingerprint density at radius 3 is 2.48 bits per heavy atom. The Hall–Kier alpha value is -2.05. The molecule has 1 fully saturated rings. The molecule has 1 heterocycles. The van der Waals surface area contributed by atoms with Gasteiger partial charge in [-0.3, -0.25) is 9.59 Å². The summed E-state index contributed by atoms with van der Waals surface area (Å²) in [6, 6.07) is 12.0. The van der Waals surface area contributed by atoms with Crippen LogP contribution in [0.2, 0.25) is 5.02 Å². The number of amides is 1. The van der Waals surface area contributed by atoms with Crippen LogP contribution in [0.4, 0.5) is 10.1 Å². The van der Waals surface area contributed by atoms with Crippen LogP contribution in [-0.4, -0.2) is 48.5 Å². The Bertz CT molecular complexity index is 854.